The van der Waals surface area contributed by atoms with E-state index in [1.54, 1.807) is 6.07 Å². The minimum atomic E-state index is -0.328. The zero-order valence-corrected chi connectivity index (χ0v) is 13.5. The number of likely N-dealkylation sites (tertiary alicyclic amines) is 1. The predicted octanol–water partition coefficient (Wildman–Crippen LogP) is 1.93. The highest BCUT2D eigenvalue weighted by atomic mass is 79.9. The van der Waals surface area contributed by atoms with Gasteiger partial charge in [0, 0.05) is 30.8 Å². The Labute approximate surface area is 127 Å². The van der Waals surface area contributed by atoms with E-state index < -0.39 is 0 Å². The van der Waals surface area contributed by atoms with Crippen LogP contribution >= 0.6 is 15.9 Å². The molecule has 0 radical (unpaired) electrons. The van der Waals surface area contributed by atoms with Gasteiger partial charge in [0.05, 0.1) is 0 Å². The molecule has 112 valence electrons. The van der Waals surface area contributed by atoms with E-state index in [1.807, 2.05) is 6.92 Å². The van der Waals surface area contributed by atoms with Crippen molar-refractivity contribution in [3.8, 4) is 0 Å². The molecule has 0 aromatic carbocycles. The first-order valence-corrected chi connectivity index (χ1v) is 7.63. The largest absolute Gasteiger partial charge is 0.444 e. The van der Waals surface area contributed by atoms with Gasteiger partial charge in [-0.1, -0.05) is 0 Å². The number of aryl methyl sites for hydroxylation is 1. The molecular weight excluding hydrogens is 324 g/mol. The maximum absolute atomic E-state index is 12.3. The molecule has 0 bridgehead atoms. The first kappa shape index (κ1) is 15.5. The Morgan fingerprint density at radius 3 is 2.70 bits per heavy atom. The van der Waals surface area contributed by atoms with Crippen molar-refractivity contribution in [2.45, 2.75) is 31.7 Å². The number of carbonyl (C=O) groups is 1. The second kappa shape index (κ2) is 6.28. The molecule has 1 aromatic heterocycles. The van der Waals surface area contributed by atoms with Crippen LogP contribution in [0.2, 0.25) is 0 Å². The molecule has 6 heteroatoms. The van der Waals surface area contributed by atoms with Gasteiger partial charge in [0.25, 0.3) is 5.91 Å². The Kier molecular flexibility index (Phi) is 4.88. The van der Waals surface area contributed by atoms with Gasteiger partial charge in [-0.25, -0.2) is 0 Å². The average molecular weight is 345 g/mol. The molecule has 0 aliphatic carbocycles. The maximum Gasteiger partial charge on any atom is 0.287 e. The summed E-state index contributed by atoms with van der Waals surface area (Å²) in [5.74, 6) is 0.0995. The number of carbonyl (C=O) groups excluding carboxylic acids is 1. The van der Waals surface area contributed by atoms with E-state index in [0.717, 1.165) is 31.5 Å². The van der Waals surface area contributed by atoms with E-state index in [0.29, 0.717) is 16.9 Å². The van der Waals surface area contributed by atoms with Crippen LogP contribution in [-0.4, -0.2) is 48.2 Å². The lowest BCUT2D eigenvalue weighted by atomic mass is 9.84. The Morgan fingerprint density at radius 1 is 1.55 bits per heavy atom. The molecule has 2 rings (SSSR count). The van der Waals surface area contributed by atoms with Crippen molar-refractivity contribution >= 4 is 21.8 Å². The van der Waals surface area contributed by atoms with Crippen molar-refractivity contribution in [2.24, 2.45) is 0 Å². The molecule has 1 aromatic rings. The van der Waals surface area contributed by atoms with Crippen LogP contribution in [0.1, 0.15) is 35.4 Å². The molecule has 1 aliphatic rings. The van der Waals surface area contributed by atoms with Crippen LogP contribution in [0.5, 0.6) is 0 Å². The first-order chi connectivity index (χ1) is 9.46. The van der Waals surface area contributed by atoms with Crippen LogP contribution in [-0.2, 0) is 0 Å². The third-order valence-corrected chi connectivity index (χ3v) is 4.78. The predicted molar refractivity (Wildman–Crippen MR) is 79.8 cm³/mol. The summed E-state index contributed by atoms with van der Waals surface area (Å²) in [4.78, 5) is 14.6. The number of nitrogens with zero attached hydrogens (tertiary/aromatic N) is 1. The summed E-state index contributed by atoms with van der Waals surface area (Å²) < 4.78 is 5.98. The number of furan rings is 1. The van der Waals surface area contributed by atoms with Crippen molar-refractivity contribution < 1.29 is 14.3 Å². The number of halogens is 1. The fraction of sp³-hybridized carbons (Fsp3) is 0.643. The van der Waals surface area contributed by atoms with Gasteiger partial charge < -0.3 is 19.7 Å². The molecule has 20 heavy (non-hydrogen) atoms. The topological polar surface area (TPSA) is 65.7 Å². The lowest BCUT2D eigenvalue weighted by Gasteiger charge is -2.41. The van der Waals surface area contributed by atoms with Gasteiger partial charge >= 0.3 is 0 Å². The number of piperidine rings is 1. The number of rotatable bonds is 4. The van der Waals surface area contributed by atoms with Gasteiger partial charge in [0.1, 0.15) is 0 Å². The summed E-state index contributed by atoms with van der Waals surface area (Å²) in [6.07, 6.45) is 2.26. The average Bonchev–Trinajstić information content (AvgIpc) is 2.74. The van der Waals surface area contributed by atoms with E-state index in [2.05, 4.69) is 33.2 Å². The second-order valence-electron chi connectivity index (χ2n) is 5.58. The number of hydrogen-bond donors (Lipinski definition) is 2. The van der Waals surface area contributed by atoms with Crippen LogP contribution in [0, 0.1) is 6.92 Å². The van der Waals surface area contributed by atoms with E-state index >= 15 is 0 Å². The Bertz CT molecular complexity index is 459. The summed E-state index contributed by atoms with van der Waals surface area (Å²) in [5, 5.41) is 12.4. The van der Waals surface area contributed by atoms with E-state index in [-0.39, 0.29) is 18.1 Å². The normalized spacial score (nSPS) is 19.0. The molecule has 2 N–H and O–H groups in total. The molecule has 0 atom stereocenters. The molecule has 1 saturated heterocycles. The molecule has 1 fully saturated rings. The Morgan fingerprint density at radius 2 is 2.20 bits per heavy atom. The molecule has 2 heterocycles. The van der Waals surface area contributed by atoms with Gasteiger partial charge in [-0.05, 0) is 55.2 Å². The van der Waals surface area contributed by atoms with Gasteiger partial charge in [-0.2, -0.15) is 0 Å². The fourth-order valence-electron chi connectivity index (χ4n) is 2.57. The van der Waals surface area contributed by atoms with E-state index in [4.69, 9.17) is 4.42 Å². The first-order valence-electron chi connectivity index (χ1n) is 6.84. The van der Waals surface area contributed by atoms with Gasteiger partial charge in [-0.15, -0.1) is 0 Å². The summed E-state index contributed by atoms with van der Waals surface area (Å²) in [6.45, 7) is 3.79. The summed E-state index contributed by atoms with van der Waals surface area (Å²) in [7, 11) is 2.07. The van der Waals surface area contributed by atoms with Crippen LogP contribution in [0.4, 0.5) is 0 Å². The van der Waals surface area contributed by atoms with Crippen molar-refractivity contribution in [1.29, 1.82) is 0 Å². The molecule has 1 aliphatic heterocycles. The maximum atomic E-state index is 12.3. The smallest absolute Gasteiger partial charge is 0.287 e. The highest BCUT2D eigenvalue weighted by molar-refractivity contribution is 9.10. The third-order valence-electron chi connectivity index (χ3n) is 3.99. The fourth-order valence-corrected chi connectivity index (χ4v) is 2.86. The summed E-state index contributed by atoms with van der Waals surface area (Å²) in [6, 6.07) is 1.72. The van der Waals surface area contributed by atoms with Crippen LogP contribution in [0.15, 0.2) is 15.2 Å². The zero-order valence-electron chi connectivity index (χ0n) is 11.9. The standard InChI is InChI=1S/C14H21BrN2O3/c1-10-9-11(20-12(10)15)13(19)16-14(5-8-18)3-6-17(2)7-4-14/h9,18H,3-8H2,1-2H3,(H,16,19). The third kappa shape index (κ3) is 3.42. The van der Waals surface area contributed by atoms with Crippen molar-refractivity contribution in [3.63, 3.8) is 0 Å². The highest BCUT2D eigenvalue weighted by Gasteiger charge is 2.35. The van der Waals surface area contributed by atoms with E-state index in [9.17, 15) is 9.90 Å². The van der Waals surface area contributed by atoms with Crippen molar-refractivity contribution in [2.75, 3.05) is 26.7 Å². The van der Waals surface area contributed by atoms with Crippen molar-refractivity contribution in [1.82, 2.24) is 10.2 Å². The number of aliphatic hydroxyl groups is 1. The van der Waals surface area contributed by atoms with E-state index in [1.165, 1.54) is 0 Å². The van der Waals surface area contributed by atoms with Gasteiger partial charge in [0.15, 0.2) is 10.4 Å². The Balaban J connectivity index is 2.09. The monoisotopic (exact) mass is 344 g/mol. The quantitative estimate of drug-likeness (QED) is 0.875. The molecule has 0 saturated carbocycles. The van der Waals surface area contributed by atoms with Crippen LogP contribution < -0.4 is 5.32 Å². The SMILES string of the molecule is Cc1cc(C(=O)NC2(CCO)CCN(C)CC2)oc1Br. The second-order valence-corrected chi connectivity index (χ2v) is 6.30. The van der Waals surface area contributed by atoms with Gasteiger partial charge in [-0.3, -0.25) is 4.79 Å². The number of aliphatic hydroxyl groups excluding tert-OH is 1. The van der Waals surface area contributed by atoms with Crippen LogP contribution in [0.25, 0.3) is 0 Å². The minimum Gasteiger partial charge on any atom is -0.444 e. The molecular formula is C14H21BrN2O3. The van der Waals surface area contributed by atoms with Crippen molar-refractivity contribution in [3.05, 3.63) is 22.1 Å². The summed E-state index contributed by atoms with van der Waals surface area (Å²) >= 11 is 3.27. The number of amides is 1. The number of nitrogens with one attached hydrogen (secondary N) is 1. The summed E-state index contributed by atoms with van der Waals surface area (Å²) in [5.41, 5.74) is 0.570. The minimum absolute atomic E-state index is 0.0743. The highest BCUT2D eigenvalue weighted by Crippen LogP contribution is 2.27. The lowest BCUT2D eigenvalue weighted by molar-refractivity contribution is 0.0751. The Hall–Kier alpha value is -0.850. The lowest BCUT2D eigenvalue weighted by Crippen LogP contribution is -2.55. The number of hydrogen-bond acceptors (Lipinski definition) is 4. The molecule has 1 amide bonds. The zero-order chi connectivity index (χ0) is 14.8. The molecule has 0 unspecified atom stereocenters. The molecule has 5 nitrogen and oxygen atoms in total. The van der Waals surface area contributed by atoms with Gasteiger partial charge in [0.2, 0.25) is 0 Å². The van der Waals surface area contributed by atoms with Crippen LogP contribution in [0.3, 0.4) is 0 Å². The molecule has 0 spiro atoms.